The van der Waals surface area contributed by atoms with Gasteiger partial charge in [0.25, 0.3) is 0 Å². The lowest BCUT2D eigenvalue weighted by Crippen LogP contribution is -2.13. The van der Waals surface area contributed by atoms with E-state index in [1.807, 2.05) is 37.2 Å². The first-order valence-corrected chi connectivity index (χ1v) is 7.27. The van der Waals surface area contributed by atoms with Crippen LogP contribution < -0.4 is 10.3 Å². The molecule has 0 bridgehead atoms. The molecule has 0 aliphatic carbocycles. The fourth-order valence-corrected chi connectivity index (χ4v) is 3.10. The van der Waals surface area contributed by atoms with Crippen LogP contribution in [0.3, 0.4) is 0 Å². The Kier molecular flexibility index (Phi) is 3.22. The van der Waals surface area contributed by atoms with Gasteiger partial charge >= 0.3 is 0 Å². The number of anilines is 1. The van der Waals surface area contributed by atoms with Gasteiger partial charge < -0.3 is 9.88 Å². The average Bonchev–Trinajstić information content (AvgIpc) is 2.39. The minimum absolute atomic E-state index is 0.00909. The third kappa shape index (κ3) is 2.00. The van der Waals surface area contributed by atoms with E-state index in [4.69, 9.17) is 11.6 Å². The zero-order chi connectivity index (χ0) is 14.4. The topological polar surface area (TPSA) is 36.1 Å². The van der Waals surface area contributed by atoms with Gasteiger partial charge in [-0.2, -0.15) is 0 Å². The molecule has 5 heteroatoms. The molecule has 0 spiro atoms. The number of halogens is 2. The first kappa shape index (κ1) is 13.5. The maximum Gasteiger partial charge on any atom is 0.197 e. The summed E-state index contributed by atoms with van der Waals surface area (Å²) in [7, 11) is 3.81. The van der Waals surface area contributed by atoms with Gasteiger partial charge in [-0.25, -0.2) is 0 Å². The van der Waals surface area contributed by atoms with Crippen molar-refractivity contribution >= 4 is 55.0 Å². The normalized spacial score (nSPS) is 11.2. The SMILES string of the molecule is CN(C)c1c(Cl)ccc2c(=O)c3cc(Br)ccc3[nH]c12. The molecule has 0 aliphatic rings. The Hall–Kier alpha value is -1.52. The molecule has 0 saturated heterocycles. The van der Waals surface area contributed by atoms with Crippen LogP contribution in [0.25, 0.3) is 21.8 Å². The molecule has 20 heavy (non-hydrogen) atoms. The summed E-state index contributed by atoms with van der Waals surface area (Å²) in [5, 5.41) is 1.93. The van der Waals surface area contributed by atoms with Gasteiger partial charge in [-0.15, -0.1) is 0 Å². The Morgan fingerprint density at radius 3 is 2.60 bits per heavy atom. The van der Waals surface area contributed by atoms with Gasteiger partial charge in [0.15, 0.2) is 5.43 Å². The van der Waals surface area contributed by atoms with Crippen LogP contribution in [0, 0.1) is 0 Å². The van der Waals surface area contributed by atoms with Crippen LogP contribution in [0.5, 0.6) is 0 Å². The second kappa shape index (κ2) is 4.79. The molecule has 0 radical (unpaired) electrons. The molecular formula is C15H12BrClN2O. The zero-order valence-electron chi connectivity index (χ0n) is 11.0. The Bertz CT molecular complexity index is 886. The standard InChI is InChI=1S/C15H12BrClN2O/c1-19(2)14-11(17)5-4-9-13(14)18-12-6-3-8(16)7-10(12)15(9)20/h3-7H,1-2H3,(H,18,20). The summed E-state index contributed by atoms with van der Waals surface area (Å²) in [6, 6.07) is 9.16. The van der Waals surface area contributed by atoms with E-state index in [-0.39, 0.29) is 5.43 Å². The number of nitrogens with one attached hydrogen (secondary N) is 1. The summed E-state index contributed by atoms with van der Waals surface area (Å²) < 4.78 is 0.886. The lowest BCUT2D eigenvalue weighted by atomic mass is 10.1. The molecule has 0 aliphatic heterocycles. The van der Waals surface area contributed by atoms with Crippen molar-refractivity contribution in [3.63, 3.8) is 0 Å². The van der Waals surface area contributed by atoms with E-state index in [1.165, 1.54) is 0 Å². The van der Waals surface area contributed by atoms with Gasteiger partial charge in [0.2, 0.25) is 0 Å². The molecule has 102 valence electrons. The van der Waals surface area contributed by atoms with E-state index < -0.39 is 0 Å². The van der Waals surface area contributed by atoms with Crippen molar-refractivity contribution in [3.05, 3.63) is 50.1 Å². The third-order valence-corrected chi connectivity index (χ3v) is 4.10. The van der Waals surface area contributed by atoms with Crippen LogP contribution in [0.4, 0.5) is 5.69 Å². The average molecular weight is 352 g/mol. The Labute approximate surface area is 129 Å². The number of nitrogens with zero attached hydrogens (tertiary/aromatic N) is 1. The second-order valence-corrected chi connectivity index (χ2v) is 6.18. The van der Waals surface area contributed by atoms with Crippen LogP contribution in [0.15, 0.2) is 39.6 Å². The summed E-state index contributed by atoms with van der Waals surface area (Å²) >= 11 is 9.65. The van der Waals surface area contributed by atoms with Gasteiger partial charge in [-0.3, -0.25) is 4.79 Å². The fourth-order valence-electron chi connectivity index (χ4n) is 2.41. The highest BCUT2D eigenvalue weighted by molar-refractivity contribution is 9.10. The highest BCUT2D eigenvalue weighted by Crippen LogP contribution is 2.32. The van der Waals surface area contributed by atoms with Gasteiger partial charge in [-0.1, -0.05) is 27.5 Å². The van der Waals surface area contributed by atoms with Gasteiger partial charge in [-0.05, 0) is 30.3 Å². The van der Waals surface area contributed by atoms with Gasteiger partial charge in [0.1, 0.15) is 0 Å². The first-order valence-electron chi connectivity index (χ1n) is 6.10. The summed E-state index contributed by atoms with van der Waals surface area (Å²) in [6.45, 7) is 0. The van der Waals surface area contributed by atoms with E-state index >= 15 is 0 Å². The number of fused-ring (bicyclic) bond motifs is 2. The summed E-state index contributed by atoms with van der Waals surface area (Å²) in [6.07, 6.45) is 0. The summed E-state index contributed by atoms with van der Waals surface area (Å²) in [5.41, 5.74) is 2.40. The quantitative estimate of drug-likeness (QED) is 0.668. The number of rotatable bonds is 1. The van der Waals surface area contributed by atoms with Crippen LogP contribution in [-0.2, 0) is 0 Å². The third-order valence-electron chi connectivity index (χ3n) is 3.31. The van der Waals surface area contributed by atoms with E-state index in [0.29, 0.717) is 15.8 Å². The van der Waals surface area contributed by atoms with E-state index in [9.17, 15) is 4.79 Å². The molecule has 3 rings (SSSR count). The minimum atomic E-state index is 0.00909. The van der Waals surface area contributed by atoms with Crippen LogP contribution in [0.2, 0.25) is 5.02 Å². The van der Waals surface area contributed by atoms with Crippen LogP contribution in [0.1, 0.15) is 0 Å². The van der Waals surface area contributed by atoms with Crippen molar-refractivity contribution < 1.29 is 0 Å². The Morgan fingerprint density at radius 2 is 1.90 bits per heavy atom. The lowest BCUT2D eigenvalue weighted by molar-refractivity contribution is 1.14. The molecule has 0 amide bonds. The molecule has 2 aromatic carbocycles. The number of aromatic nitrogens is 1. The van der Waals surface area contributed by atoms with E-state index in [2.05, 4.69) is 20.9 Å². The minimum Gasteiger partial charge on any atom is -0.375 e. The first-order chi connectivity index (χ1) is 9.49. The van der Waals surface area contributed by atoms with Crippen molar-refractivity contribution in [2.75, 3.05) is 19.0 Å². The molecule has 3 aromatic rings. The molecular weight excluding hydrogens is 340 g/mol. The van der Waals surface area contributed by atoms with E-state index in [1.54, 1.807) is 12.1 Å². The molecule has 0 atom stereocenters. The summed E-state index contributed by atoms with van der Waals surface area (Å²) in [5.74, 6) is 0. The largest absolute Gasteiger partial charge is 0.375 e. The van der Waals surface area contributed by atoms with Crippen LogP contribution >= 0.6 is 27.5 Å². The molecule has 0 fully saturated rings. The number of benzene rings is 2. The Morgan fingerprint density at radius 1 is 1.15 bits per heavy atom. The number of aromatic amines is 1. The number of hydrogen-bond acceptors (Lipinski definition) is 2. The maximum atomic E-state index is 12.6. The lowest BCUT2D eigenvalue weighted by Gasteiger charge is -2.17. The van der Waals surface area contributed by atoms with Crippen molar-refractivity contribution in [1.82, 2.24) is 4.98 Å². The predicted molar refractivity (Wildman–Crippen MR) is 89.1 cm³/mol. The monoisotopic (exact) mass is 350 g/mol. The van der Waals surface area contributed by atoms with Crippen molar-refractivity contribution in [2.24, 2.45) is 0 Å². The molecule has 0 unspecified atom stereocenters. The Balaban J connectivity index is 2.56. The van der Waals surface area contributed by atoms with Crippen LogP contribution in [-0.4, -0.2) is 19.1 Å². The number of H-pyrrole nitrogens is 1. The molecule has 1 N–H and O–H groups in total. The molecule has 0 saturated carbocycles. The molecule has 3 nitrogen and oxygen atoms in total. The van der Waals surface area contributed by atoms with Crippen molar-refractivity contribution in [3.8, 4) is 0 Å². The molecule has 1 aromatic heterocycles. The smallest absolute Gasteiger partial charge is 0.197 e. The molecule has 1 heterocycles. The van der Waals surface area contributed by atoms with Crippen molar-refractivity contribution in [1.29, 1.82) is 0 Å². The zero-order valence-corrected chi connectivity index (χ0v) is 13.3. The van der Waals surface area contributed by atoms with Crippen molar-refractivity contribution in [2.45, 2.75) is 0 Å². The highest BCUT2D eigenvalue weighted by Gasteiger charge is 2.13. The number of pyridine rings is 1. The maximum absolute atomic E-state index is 12.6. The summed E-state index contributed by atoms with van der Waals surface area (Å²) in [4.78, 5) is 17.9. The second-order valence-electron chi connectivity index (χ2n) is 4.86. The highest BCUT2D eigenvalue weighted by atomic mass is 79.9. The van der Waals surface area contributed by atoms with Gasteiger partial charge in [0, 0.05) is 34.9 Å². The number of hydrogen-bond donors (Lipinski definition) is 1. The predicted octanol–water partition coefficient (Wildman–Crippen LogP) is 4.16. The van der Waals surface area contributed by atoms with E-state index in [0.717, 1.165) is 21.2 Å². The fraction of sp³-hybridized carbons (Fsp3) is 0.133. The van der Waals surface area contributed by atoms with Gasteiger partial charge in [0.05, 0.1) is 16.2 Å².